The fourth-order valence-electron chi connectivity index (χ4n) is 3.85. The Hall–Kier alpha value is -2.33. The molecule has 2 aromatic carbocycles. The van der Waals surface area contributed by atoms with E-state index in [0.717, 1.165) is 44.6 Å². The van der Waals surface area contributed by atoms with Crippen LogP contribution in [0.2, 0.25) is 0 Å². The first-order valence-electron chi connectivity index (χ1n) is 9.71. The van der Waals surface area contributed by atoms with Gasteiger partial charge in [0.05, 0.1) is 19.1 Å². The van der Waals surface area contributed by atoms with Gasteiger partial charge in [-0.3, -0.25) is 9.69 Å². The van der Waals surface area contributed by atoms with Crippen LogP contribution in [0.1, 0.15) is 30.9 Å². The Morgan fingerprint density at radius 1 is 1.00 bits per heavy atom. The Labute approximate surface area is 162 Å². The van der Waals surface area contributed by atoms with Gasteiger partial charge < -0.3 is 9.47 Å². The summed E-state index contributed by atoms with van der Waals surface area (Å²) >= 11 is 0. The van der Waals surface area contributed by atoms with E-state index in [0.29, 0.717) is 6.61 Å². The van der Waals surface area contributed by atoms with E-state index in [1.54, 1.807) is 7.11 Å². The molecule has 144 valence electrons. The molecule has 0 spiro atoms. The molecule has 0 bridgehead atoms. The predicted molar refractivity (Wildman–Crippen MR) is 107 cm³/mol. The summed E-state index contributed by atoms with van der Waals surface area (Å²) in [7, 11) is 1.68. The van der Waals surface area contributed by atoms with Gasteiger partial charge >= 0.3 is 5.97 Å². The maximum Gasteiger partial charge on any atom is 0.312 e. The zero-order valence-corrected chi connectivity index (χ0v) is 16.3. The van der Waals surface area contributed by atoms with Crippen LogP contribution in [0.3, 0.4) is 0 Å². The van der Waals surface area contributed by atoms with Crippen molar-refractivity contribution in [2.24, 2.45) is 5.41 Å². The van der Waals surface area contributed by atoms with Crippen molar-refractivity contribution in [2.45, 2.75) is 32.7 Å². The van der Waals surface area contributed by atoms with Crippen LogP contribution in [0.4, 0.5) is 0 Å². The Morgan fingerprint density at radius 2 is 1.67 bits per heavy atom. The van der Waals surface area contributed by atoms with Gasteiger partial charge in [0.2, 0.25) is 0 Å². The van der Waals surface area contributed by atoms with E-state index in [1.807, 2.05) is 37.3 Å². The number of rotatable bonds is 7. The van der Waals surface area contributed by atoms with Gasteiger partial charge in [-0.05, 0) is 62.5 Å². The average molecular weight is 367 g/mol. The van der Waals surface area contributed by atoms with Crippen LogP contribution < -0.4 is 4.74 Å². The van der Waals surface area contributed by atoms with Crippen molar-refractivity contribution in [3.63, 3.8) is 0 Å². The number of nitrogens with zero attached hydrogens (tertiary/aromatic N) is 1. The van der Waals surface area contributed by atoms with E-state index < -0.39 is 5.41 Å². The van der Waals surface area contributed by atoms with Crippen LogP contribution in [0.25, 0.3) is 0 Å². The smallest absolute Gasteiger partial charge is 0.312 e. The van der Waals surface area contributed by atoms with E-state index in [2.05, 4.69) is 29.2 Å². The molecule has 27 heavy (non-hydrogen) atoms. The van der Waals surface area contributed by atoms with Crippen LogP contribution >= 0.6 is 0 Å². The predicted octanol–water partition coefficient (Wildman–Crippen LogP) is 4.08. The summed E-state index contributed by atoms with van der Waals surface area (Å²) in [4.78, 5) is 15.2. The summed E-state index contributed by atoms with van der Waals surface area (Å²) < 4.78 is 10.7. The first kappa shape index (κ1) is 19.4. The number of carbonyl (C=O) groups excluding carboxylic acids is 1. The van der Waals surface area contributed by atoms with Gasteiger partial charge in [-0.25, -0.2) is 0 Å². The summed E-state index contributed by atoms with van der Waals surface area (Å²) in [6.07, 6.45) is 2.41. The van der Waals surface area contributed by atoms with Crippen LogP contribution in [0.5, 0.6) is 5.75 Å². The highest BCUT2D eigenvalue weighted by molar-refractivity contribution is 5.77. The number of ether oxygens (including phenoxy) is 2. The van der Waals surface area contributed by atoms with E-state index in [9.17, 15) is 4.79 Å². The molecule has 0 saturated carbocycles. The van der Waals surface area contributed by atoms with E-state index in [-0.39, 0.29) is 5.97 Å². The van der Waals surface area contributed by atoms with Crippen LogP contribution in [0, 0.1) is 5.41 Å². The first-order valence-corrected chi connectivity index (χ1v) is 9.71. The third-order valence-electron chi connectivity index (χ3n) is 5.47. The van der Waals surface area contributed by atoms with E-state index in [4.69, 9.17) is 9.47 Å². The Bertz CT molecular complexity index is 719. The molecule has 0 amide bonds. The minimum atomic E-state index is -0.409. The zero-order chi connectivity index (χ0) is 19.1. The second kappa shape index (κ2) is 9.05. The summed E-state index contributed by atoms with van der Waals surface area (Å²) in [5.74, 6) is 0.833. The summed E-state index contributed by atoms with van der Waals surface area (Å²) in [5.41, 5.74) is 2.06. The zero-order valence-electron chi connectivity index (χ0n) is 16.3. The second-order valence-corrected chi connectivity index (χ2v) is 7.29. The maximum absolute atomic E-state index is 12.8. The molecular formula is C23H29NO3. The van der Waals surface area contributed by atoms with Gasteiger partial charge in [0, 0.05) is 6.54 Å². The van der Waals surface area contributed by atoms with Gasteiger partial charge in [-0.15, -0.1) is 0 Å². The Balaban J connectivity index is 1.66. The van der Waals surface area contributed by atoms with Gasteiger partial charge in [-0.1, -0.05) is 42.5 Å². The van der Waals surface area contributed by atoms with Crippen LogP contribution in [-0.4, -0.2) is 37.7 Å². The van der Waals surface area contributed by atoms with Crippen LogP contribution in [0.15, 0.2) is 54.6 Å². The number of hydrogen-bond acceptors (Lipinski definition) is 4. The minimum Gasteiger partial charge on any atom is -0.497 e. The molecule has 1 heterocycles. The molecular weight excluding hydrogens is 338 g/mol. The second-order valence-electron chi connectivity index (χ2n) is 7.29. The van der Waals surface area contributed by atoms with Gasteiger partial charge in [0.1, 0.15) is 5.75 Å². The normalized spacial score (nSPS) is 16.7. The lowest BCUT2D eigenvalue weighted by atomic mass is 9.73. The molecule has 0 N–H and O–H groups in total. The molecule has 0 atom stereocenters. The highest BCUT2D eigenvalue weighted by Gasteiger charge is 2.42. The fraction of sp³-hybridized carbons (Fsp3) is 0.435. The average Bonchev–Trinajstić information content (AvgIpc) is 2.71. The number of benzene rings is 2. The monoisotopic (exact) mass is 367 g/mol. The van der Waals surface area contributed by atoms with Crippen molar-refractivity contribution >= 4 is 5.97 Å². The lowest BCUT2D eigenvalue weighted by molar-refractivity contribution is -0.158. The molecule has 1 aliphatic rings. The van der Waals surface area contributed by atoms with Crippen molar-refractivity contribution in [3.8, 4) is 5.75 Å². The van der Waals surface area contributed by atoms with Crippen molar-refractivity contribution in [1.29, 1.82) is 0 Å². The number of carbonyl (C=O) groups is 1. The quantitative estimate of drug-likeness (QED) is 0.691. The first-order chi connectivity index (χ1) is 13.1. The number of piperidine rings is 1. The molecule has 2 aromatic rings. The SMILES string of the molecule is CCOC(=O)C1(Cc2ccccc2)CCN(Cc2ccc(OC)cc2)CC1. The molecule has 1 aliphatic heterocycles. The maximum atomic E-state index is 12.8. The lowest BCUT2D eigenvalue weighted by Crippen LogP contribution is -2.46. The third-order valence-corrected chi connectivity index (χ3v) is 5.47. The van der Waals surface area contributed by atoms with Crippen molar-refractivity contribution in [3.05, 3.63) is 65.7 Å². The highest BCUT2D eigenvalue weighted by Crippen LogP contribution is 2.37. The van der Waals surface area contributed by atoms with Crippen molar-refractivity contribution in [1.82, 2.24) is 4.90 Å². The Morgan fingerprint density at radius 3 is 2.26 bits per heavy atom. The molecule has 0 aromatic heterocycles. The summed E-state index contributed by atoms with van der Waals surface area (Å²) in [6.45, 7) is 5.02. The molecule has 4 nitrogen and oxygen atoms in total. The largest absolute Gasteiger partial charge is 0.497 e. The number of methoxy groups -OCH3 is 1. The van der Waals surface area contributed by atoms with Crippen molar-refractivity contribution in [2.75, 3.05) is 26.8 Å². The van der Waals surface area contributed by atoms with E-state index >= 15 is 0 Å². The molecule has 0 unspecified atom stereocenters. The topological polar surface area (TPSA) is 38.8 Å². The summed E-state index contributed by atoms with van der Waals surface area (Å²) in [6, 6.07) is 18.5. The standard InChI is InChI=1S/C23H29NO3/c1-3-27-22(25)23(17-19-7-5-4-6-8-19)13-15-24(16-14-23)18-20-9-11-21(26-2)12-10-20/h4-12H,3,13-18H2,1-2H3. The number of hydrogen-bond donors (Lipinski definition) is 0. The highest BCUT2D eigenvalue weighted by atomic mass is 16.5. The van der Waals surface area contributed by atoms with Gasteiger partial charge in [0.25, 0.3) is 0 Å². The fourth-order valence-corrected chi connectivity index (χ4v) is 3.85. The van der Waals surface area contributed by atoms with E-state index in [1.165, 1.54) is 11.1 Å². The molecule has 0 radical (unpaired) electrons. The minimum absolute atomic E-state index is 0.0436. The lowest BCUT2D eigenvalue weighted by Gasteiger charge is -2.40. The molecule has 4 heteroatoms. The van der Waals surface area contributed by atoms with Crippen molar-refractivity contribution < 1.29 is 14.3 Å². The van der Waals surface area contributed by atoms with Crippen LogP contribution in [-0.2, 0) is 22.5 Å². The molecule has 3 rings (SSSR count). The van der Waals surface area contributed by atoms with Gasteiger partial charge in [-0.2, -0.15) is 0 Å². The number of esters is 1. The third kappa shape index (κ3) is 4.89. The molecule has 0 aliphatic carbocycles. The number of likely N-dealkylation sites (tertiary alicyclic amines) is 1. The molecule has 1 fully saturated rings. The Kier molecular flexibility index (Phi) is 6.51. The summed E-state index contributed by atoms with van der Waals surface area (Å²) in [5, 5.41) is 0. The van der Waals surface area contributed by atoms with Gasteiger partial charge in [0.15, 0.2) is 0 Å². The molecule has 1 saturated heterocycles.